The van der Waals surface area contributed by atoms with Crippen molar-refractivity contribution in [3.05, 3.63) is 47.0 Å². The van der Waals surface area contributed by atoms with Gasteiger partial charge in [-0.15, -0.1) is 0 Å². The molecule has 0 saturated heterocycles. The lowest BCUT2D eigenvalue weighted by atomic mass is 10.2. The number of rotatable bonds is 7. The molecule has 0 radical (unpaired) electrons. The quantitative estimate of drug-likeness (QED) is 0.287. The van der Waals surface area contributed by atoms with Gasteiger partial charge < -0.3 is 14.2 Å². The van der Waals surface area contributed by atoms with Crippen molar-refractivity contribution in [1.82, 2.24) is 25.3 Å². The van der Waals surface area contributed by atoms with Crippen LogP contribution in [0.5, 0.6) is 17.2 Å². The topological polar surface area (TPSA) is 111 Å². The number of nitrogens with one attached hydrogen (secondary N) is 3. The first-order valence-electron chi connectivity index (χ1n) is 8.55. The zero-order valence-corrected chi connectivity index (χ0v) is 18.0. The number of aromatic nitrogens is 4. The van der Waals surface area contributed by atoms with Gasteiger partial charge in [0.15, 0.2) is 17.3 Å². The first kappa shape index (κ1) is 21.2. The molecule has 0 unspecified atom stereocenters. The number of thiocarbonyl (C=S) groups is 1. The standard InChI is InChI=1S/C18H19N7O3S2/c1-26-13-8-11(9-14(27-2)15(13)28-3)10-20-22-17(29)24-25-16(21-23-18(25)30)12-4-6-19-7-5-12/h4-10H,1-3H3,(H,23,30)(H2,22,24,29)/b20-10+. The zero-order chi connectivity index (χ0) is 21.5. The van der Waals surface area contributed by atoms with E-state index in [9.17, 15) is 0 Å². The van der Waals surface area contributed by atoms with Crippen molar-refractivity contribution in [3.63, 3.8) is 0 Å². The molecule has 0 aliphatic rings. The third kappa shape index (κ3) is 4.72. The lowest BCUT2D eigenvalue weighted by molar-refractivity contribution is 0.324. The molecule has 0 fully saturated rings. The Hall–Kier alpha value is -3.51. The lowest BCUT2D eigenvalue weighted by Gasteiger charge is -2.13. The van der Waals surface area contributed by atoms with Crippen molar-refractivity contribution in [1.29, 1.82) is 0 Å². The van der Waals surface area contributed by atoms with Crippen LogP contribution < -0.4 is 25.1 Å². The Morgan fingerprint density at radius 2 is 1.80 bits per heavy atom. The molecule has 156 valence electrons. The van der Waals surface area contributed by atoms with Gasteiger partial charge in [-0.05, 0) is 48.7 Å². The van der Waals surface area contributed by atoms with Gasteiger partial charge in [-0.3, -0.25) is 15.8 Å². The molecule has 12 heteroatoms. The van der Waals surface area contributed by atoms with Gasteiger partial charge in [0.25, 0.3) is 0 Å². The highest BCUT2D eigenvalue weighted by atomic mass is 32.1. The molecular formula is C18H19N7O3S2. The van der Waals surface area contributed by atoms with Gasteiger partial charge in [0.2, 0.25) is 15.6 Å². The molecule has 30 heavy (non-hydrogen) atoms. The van der Waals surface area contributed by atoms with Crippen molar-refractivity contribution in [2.24, 2.45) is 5.10 Å². The van der Waals surface area contributed by atoms with Crippen LogP contribution in [0.1, 0.15) is 5.56 Å². The Balaban J connectivity index is 1.72. The number of ether oxygens (including phenoxy) is 3. The van der Waals surface area contributed by atoms with Crippen LogP contribution in [-0.4, -0.2) is 52.5 Å². The van der Waals surface area contributed by atoms with E-state index in [4.69, 9.17) is 38.6 Å². The number of hydrazone groups is 1. The van der Waals surface area contributed by atoms with E-state index >= 15 is 0 Å². The zero-order valence-electron chi connectivity index (χ0n) is 16.4. The average Bonchev–Trinajstić information content (AvgIpc) is 3.13. The van der Waals surface area contributed by atoms with Crippen molar-refractivity contribution in [2.75, 3.05) is 26.8 Å². The first-order valence-corrected chi connectivity index (χ1v) is 9.37. The minimum Gasteiger partial charge on any atom is -0.493 e. The Morgan fingerprint density at radius 1 is 1.13 bits per heavy atom. The number of benzene rings is 1. The van der Waals surface area contributed by atoms with Crippen LogP contribution in [0.25, 0.3) is 11.4 Å². The minimum absolute atomic E-state index is 0.214. The van der Waals surface area contributed by atoms with Crippen LogP contribution in [0.3, 0.4) is 0 Å². The Kier molecular flexibility index (Phi) is 6.93. The van der Waals surface area contributed by atoms with Crippen molar-refractivity contribution in [2.45, 2.75) is 0 Å². The minimum atomic E-state index is 0.214. The average molecular weight is 446 g/mol. The number of aromatic amines is 1. The van der Waals surface area contributed by atoms with Crippen LogP contribution in [0, 0.1) is 4.77 Å². The maximum Gasteiger partial charge on any atom is 0.215 e. The van der Waals surface area contributed by atoms with E-state index in [0.717, 1.165) is 11.1 Å². The van der Waals surface area contributed by atoms with Crippen molar-refractivity contribution in [3.8, 4) is 28.6 Å². The molecule has 0 saturated carbocycles. The Labute approximate surface area is 182 Å². The number of nitrogens with zero attached hydrogens (tertiary/aromatic N) is 4. The molecule has 0 aliphatic heterocycles. The molecule has 0 bridgehead atoms. The Bertz CT molecular complexity index is 1090. The maximum atomic E-state index is 5.33. The van der Waals surface area contributed by atoms with Crippen LogP contribution >= 0.6 is 24.4 Å². The highest BCUT2D eigenvalue weighted by Crippen LogP contribution is 2.37. The van der Waals surface area contributed by atoms with Crippen LogP contribution in [0.4, 0.5) is 0 Å². The van der Waals surface area contributed by atoms with Crippen LogP contribution in [0.15, 0.2) is 41.8 Å². The highest BCUT2D eigenvalue weighted by molar-refractivity contribution is 7.80. The molecule has 2 aromatic heterocycles. The van der Waals surface area contributed by atoms with Gasteiger partial charge in [-0.2, -0.15) is 10.2 Å². The summed E-state index contributed by atoms with van der Waals surface area (Å²) in [5, 5.41) is 11.3. The number of H-pyrrole nitrogens is 1. The van der Waals surface area contributed by atoms with Gasteiger partial charge in [0.05, 0.1) is 27.5 Å². The van der Waals surface area contributed by atoms with Gasteiger partial charge in [-0.25, -0.2) is 9.77 Å². The van der Waals surface area contributed by atoms with E-state index in [-0.39, 0.29) is 5.11 Å². The van der Waals surface area contributed by atoms with Gasteiger partial charge in [0, 0.05) is 23.5 Å². The van der Waals surface area contributed by atoms with Gasteiger partial charge in [0.1, 0.15) is 0 Å². The summed E-state index contributed by atoms with van der Waals surface area (Å²) in [6, 6.07) is 7.14. The third-order valence-corrected chi connectivity index (χ3v) is 4.35. The van der Waals surface area contributed by atoms with Crippen LogP contribution in [0.2, 0.25) is 0 Å². The van der Waals surface area contributed by atoms with Crippen molar-refractivity contribution < 1.29 is 14.2 Å². The first-order chi connectivity index (χ1) is 14.6. The van der Waals surface area contributed by atoms with Gasteiger partial charge >= 0.3 is 0 Å². The molecule has 3 N–H and O–H groups in total. The van der Waals surface area contributed by atoms with E-state index < -0.39 is 0 Å². The fourth-order valence-electron chi connectivity index (χ4n) is 2.56. The summed E-state index contributed by atoms with van der Waals surface area (Å²) >= 11 is 10.6. The van der Waals surface area contributed by atoms with E-state index in [1.165, 1.54) is 4.68 Å². The van der Waals surface area contributed by atoms with E-state index in [1.807, 2.05) is 12.1 Å². The summed E-state index contributed by atoms with van der Waals surface area (Å²) in [4.78, 5) is 4.00. The maximum absolute atomic E-state index is 5.33. The normalized spacial score (nSPS) is 10.6. The highest BCUT2D eigenvalue weighted by Gasteiger charge is 2.12. The molecule has 0 amide bonds. The summed E-state index contributed by atoms with van der Waals surface area (Å²) in [7, 11) is 4.63. The summed E-state index contributed by atoms with van der Waals surface area (Å²) < 4.78 is 17.9. The fraction of sp³-hybridized carbons (Fsp3) is 0.167. The summed E-state index contributed by atoms with van der Waals surface area (Å²) in [5.74, 6) is 2.09. The number of hydrogen-bond acceptors (Lipinski definition) is 8. The molecule has 0 spiro atoms. The smallest absolute Gasteiger partial charge is 0.215 e. The largest absolute Gasteiger partial charge is 0.493 e. The lowest BCUT2D eigenvalue weighted by Crippen LogP contribution is -2.31. The molecule has 0 aliphatic carbocycles. The molecule has 10 nitrogen and oxygen atoms in total. The van der Waals surface area contributed by atoms with Gasteiger partial charge in [-0.1, -0.05) is 0 Å². The fourth-order valence-corrected chi connectivity index (χ4v) is 2.88. The molecule has 2 heterocycles. The molecule has 3 rings (SSSR count). The summed E-state index contributed by atoms with van der Waals surface area (Å²) in [5.41, 5.74) is 7.21. The summed E-state index contributed by atoms with van der Waals surface area (Å²) in [6.45, 7) is 0. The van der Waals surface area contributed by atoms with E-state index in [0.29, 0.717) is 27.8 Å². The number of methoxy groups -OCH3 is 3. The summed E-state index contributed by atoms with van der Waals surface area (Å²) in [6.07, 6.45) is 4.89. The second-order valence-electron chi connectivity index (χ2n) is 5.69. The van der Waals surface area contributed by atoms with E-state index in [1.54, 1.807) is 52.1 Å². The van der Waals surface area contributed by atoms with E-state index in [2.05, 4.69) is 31.1 Å². The predicted molar refractivity (Wildman–Crippen MR) is 119 cm³/mol. The number of hydrogen-bond donors (Lipinski definition) is 3. The third-order valence-electron chi connectivity index (χ3n) is 3.89. The molecular weight excluding hydrogens is 426 g/mol. The van der Waals surface area contributed by atoms with Crippen LogP contribution in [-0.2, 0) is 0 Å². The monoisotopic (exact) mass is 445 g/mol. The molecule has 1 aromatic carbocycles. The predicted octanol–water partition coefficient (Wildman–Crippen LogP) is 2.48. The second-order valence-corrected chi connectivity index (χ2v) is 6.49. The Morgan fingerprint density at radius 3 is 2.40 bits per heavy atom. The number of pyridine rings is 1. The molecule has 0 atom stereocenters. The SMILES string of the molecule is COc1cc(/C=N/NC(=S)Nn2c(-c3ccncc3)n[nH]c2=S)cc(OC)c1OC. The molecule has 3 aromatic rings. The second kappa shape index (κ2) is 9.80. The van der Waals surface area contributed by atoms with Crippen molar-refractivity contribution >= 4 is 35.8 Å².